The molecule has 0 aliphatic carbocycles. The van der Waals surface area contributed by atoms with Crippen molar-refractivity contribution in [3.05, 3.63) is 53.6 Å². The van der Waals surface area contributed by atoms with Gasteiger partial charge in [0.05, 0.1) is 14.2 Å². The molecule has 0 heterocycles. The van der Waals surface area contributed by atoms with Crippen molar-refractivity contribution in [2.24, 2.45) is 0 Å². The summed E-state index contributed by atoms with van der Waals surface area (Å²) in [5.74, 6) is 0.966. The molecule has 110 valence electrons. The van der Waals surface area contributed by atoms with E-state index in [-0.39, 0.29) is 5.91 Å². The summed E-state index contributed by atoms with van der Waals surface area (Å²) in [6, 6.07) is 12.9. The molecule has 1 N–H and O–H groups in total. The molecule has 0 radical (unpaired) electrons. The third-order valence-electron chi connectivity index (χ3n) is 3.29. The van der Waals surface area contributed by atoms with Crippen molar-refractivity contribution in [2.45, 2.75) is 13.3 Å². The lowest BCUT2D eigenvalue weighted by molar-refractivity contribution is 0.102. The lowest BCUT2D eigenvalue weighted by Crippen LogP contribution is -2.13. The molecule has 21 heavy (non-hydrogen) atoms. The molecule has 1 amide bonds. The highest BCUT2D eigenvalue weighted by Gasteiger charge is 2.12. The molecule has 0 aromatic heterocycles. The normalized spacial score (nSPS) is 10.0. The Morgan fingerprint density at radius 2 is 1.76 bits per heavy atom. The summed E-state index contributed by atoms with van der Waals surface area (Å²) in [5.41, 5.74) is 2.46. The number of ether oxygens (including phenoxy) is 2. The topological polar surface area (TPSA) is 47.6 Å². The summed E-state index contributed by atoms with van der Waals surface area (Å²) < 4.78 is 10.4. The van der Waals surface area contributed by atoms with E-state index in [1.807, 2.05) is 24.3 Å². The number of hydrogen-bond acceptors (Lipinski definition) is 3. The van der Waals surface area contributed by atoms with Crippen LogP contribution < -0.4 is 14.8 Å². The van der Waals surface area contributed by atoms with Crippen molar-refractivity contribution in [1.29, 1.82) is 0 Å². The number of para-hydroxylation sites is 1. The van der Waals surface area contributed by atoms with Crippen LogP contribution in [0.3, 0.4) is 0 Å². The smallest absolute Gasteiger partial charge is 0.255 e. The van der Waals surface area contributed by atoms with Gasteiger partial charge in [-0.25, -0.2) is 0 Å². The van der Waals surface area contributed by atoms with Crippen molar-refractivity contribution in [3.63, 3.8) is 0 Å². The molecule has 2 rings (SSSR count). The minimum absolute atomic E-state index is 0.170. The van der Waals surface area contributed by atoms with Crippen molar-refractivity contribution >= 4 is 11.6 Å². The van der Waals surface area contributed by atoms with E-state index >= 15 is 0 Å². The highest BCUT2D eigenvalue weighted by molar-refractivity contribution is 6.05. The van der Waals surface area contributed by atoms with E-state index in [4.69, 9.17) is 9.47 Å². The van der Waals surface area contributed by atoms with Gasteiger partial charge in [-0.15, -0.1) is 0 Å². The highest BCUT2D eigenvalue weighted by Crippen LogP contribution is 2.28. The first-order chi connectivity index (χ1) is 10.2. The summed E-state index contributed by atoms with van der Waals surface area (Å²) in [4.78, 5) is 12.3. The van der Waals surface area contributed by atoms with Gasteiger partial charge in [-0.3, -0.25) is 4.79 Å². The lowest BCUT2D eigenvalue weighted by Gasteiger charge is -2.12. The molecule has 0 unspecified atom stereocenters. The fraction of sp³-hybridized carbons (Fsp3) is 0.235. The van der Waals surface area contributed by atoms with Crippen LogP contribution in [-0.4, -0.2) is 20.1 Å². The number of methoxy groups -OCH3 is 2. The van der Waals surface area contributed by atoms with Gasteiger partial charge in [0.25, 0.3) is 5.91 Å². The Morgan fingerprint density at radius 1 is 1.05 bits per heavy atom. The Labute approximate surface area is 124 Å². The Bertz CT molecular complexity index is 638. The Hall–Kier alpha value is -2.49. The average Bonchev–Trinajstić information content (AvgIpc) is 2.54. The summed E-state index contributed by atoms with van der Waals surface area (Å²) in [6.07, 6.45) is 0.863. The Morgan fingerprint density at radius 3 is 2.43 bits per heavy atom. The number of benzene rings is 2. The molecule has 0 aliphatic rings. The number of amides is 1. The average molecular weight is 285 g/mol. The molecular weight excluding hydrogens is 266 g/mol. The fourth-order valence-corrected chi connectivity index (χ4v) is 2.12. The van der Waals surface area contributed by atoms with Crippen LogP contribution in [0.5, 0.6) is 11.5 Å². The first-order valence-corrected chi connectivity index (χ1v) is 6.80. The number of aryl methyl sites for hydroxylation is 1. The third-order valence-corrected chi connectivity index (χ3v) is 3.29. The van der Waals surface area contributed by atoms with Gasteiger partial charge in [-0.05, 0) is 36.2 Å². The van der Waals surface area contributed by atoms with E-state index in [9.17, 15) is 4.79 Å². The second-order valence-corrected chi connectivity index (χ2v) is 4.53. The van der Waals surface area contributed by atoms with Gasteiger partial charge in [0.2, 0.25) is 0 Å². The van der Waals surface area contributed by atoms with Crippen molar-refractivity contribution < 1.29 is 14.3 Å². The summed E-state index contributed by atoms with van der Waals surface area (Å²) in [5, 5.41) is 2.93. The standard InChI is InChI=1S/C17H19NO3/c1-4-12-7-5-6-8-14(12)18-17(19)13-9-10-15(20-2)16(11-13)21-3/h5-11H,4H2,1-3H3,(H,18,19). The van der Waals surface area contributed by atoms with E-state index in [1.165, 1.54) is 0 Å². The number of nitrogens with one attached hydrogen (secondary N) is 1. The fourth-order valence-electron chi connectivity index (χ4n) is 2.12. The maximum Gasteiger partial charge on any atom is 0.255 e. The lowest BCUT2D eigenvalue weighted by atomic mass is 10.1. The van der Waals surface area contributed by atoms with Crippen LogP contribution in [0.4, 0.5) is 5.69 Å². The molecule has 4 heteroatoms. The zero-order chi connectivity index (χ0) is 15.2. The maximum atomic E-state index is 12.3. The molecule has 0 saturated heterocycles. The van der Waals surface area contributed by atoms with Crippen molar-refractivity contribution in [2.75, 3.05) is 19.5 Å². The van der Waals surface area contributed by atoms with Crippen LogP contribution in [0, 0.1) is 0 Å². The van der Waals surface area contributed by atoms with Crippen molar-refractivity contribution in [1.82, 2.24) is 0 Å². The molecule has 2 aromatic carbocycles. The number of rotatable bonds is 5. The van der Waals surface area contributed by atoms with Crippen LogP contribution in [-0.2, 0) is 6.42 Å². The van der Waals surface area contributed by atoms with Crippen LogP contribution in [0.15, 0.2) is 42.5 Å². The molecule has 2 aromatic rings. The van der Waals surface area contributed by atoms with Gasteiger partial charge in [0.1, 0.15) is 0 Å². The zero-order valence-corrected chi connectivity index (χ0v) is 12.5. The summed E-state index contributed by atoms with van der Waals surface area (Å²) in [7, 11) is 3.11. The Kier molecular flexibility index (Phi) is 4.82. The van der Waals surface area contributed by atoms with E-state index in [1.54, 1.807) is 32.4 Å². The predicted octanol–water partition coefficient (Wildman–Crippen LogP) is 3.52. The van der Waals surface area contributed by atoms with E-state index < -0.39 is 0 Å². The van der Waals surface area contributed by atoms with Crippen LogP contribution >= 0.6 is 0 Å². The second kappa shape index (κ2) is 6.79. The molecule has 0 aliphatic heterocycles. The van der Waals surface area contributed by atoms with Gasteiger partial charge < -0.3 is 14.8 Å². The quantitative estimate of drug-likeness (QED) is 0.914. The predicted molar refractivity (Wildman–Crippen MR) is 83.3 cm³/mol. The van der Waals surface area contributed by atoms with Gasteiger partial charge in [0, 0.05) is 11.3 Å². The SMILES string of the molecule is CCc1ccccc1NC(=O)c1ccc(OC)c(OC)c1. The van der Waals surface area contributed by atoms with Crippen LogP contribution in [0.1, 0.15) is 22.8 Å². The van der Waals surface area contributed by atoms with Crippen LogP contribution in [0.2, 0.25) is 0 Å². The van der Waals surface area contributed by atoms with Crippen LogP contribution in [0.25, 0.3) is 0 Å². The Balaban J connectivity index is 2.24. The second-order valence-electron chi connectivity index (χ2n) is 4.53. The molecule has 0 bridgehead atoms. The third kappa shape index (κ3) is 3.34. The first-order valence-electron chi connectivity index (χ1n) is 6.80. The van der Waals surface area contributed by atoms with E-state index in [2.05, 4.69) is 12.2 Å². The van der Waals surface area contributed by atoms with Gasteiger partial charge in [-0.2, -0.15) is 0 Å². The number of carbonyl (C=O) groups is 1. The molecule has 0 spiro atoms. The van der Waals surface area contributed by atoms with Gasteiger partial charge in [-0.1, -0.05) is 25.1 Å². The number of hydrogen-bond donors (Lipinski definition) is 1. The maximum absolute atomic E-state index is 12.3. The molecule has 0 fully saturated rings. The van der Waals surface area contributed by atoms with Gasteiger partial charge in [0.15, 0.2) is 11.5 Å². The molecule has 4 nitrogen and oxygen atoms in total. The minimum Gasteiger partial charge on any atom is -0.493 e. The summed E-state index contributed by atoms with van der Waals surface area (Å²) in [6.45, 7) is 2.06. The monoisotopic (exact) mass is 285 g/mol. The zero-order valence-electron chi connectivity index (χ0n) is 12.5. The van der Waals surface area contributed by atoms with E-state index in [0.29, 0.717) is 17.1 Å². The molecule has 0 atom stereocenters. The van der Waals surface area contributed by atoms with Gasteiger partial charge >= 0.3 is 0 Å². The number of anilines is 1. The van der Waals surface area contributed by atoms with E-state index in [0.717, 1.165) is 17.7 Å². The van der Waals surface area contributed by atoms with Crippen molar-refractivity contribution in [3.8, 4) is 11.5 Å². The number of carbonyl (C=O) groups excluding carboxylic acids is 1. The largest absolute Gasteiger partial charge is 0.493 e. The molecule has 0 saturated carbocycles. The first kappa shape index (κ1) is 14.9. The molecular formula is C17H19NO3. The minimum atomic E-state index is -0.170. The highest BCUT2D eigenvalue weighted by atomic mass is 16.5. The summed E-state index contributed by atoms with van der Waals surface area (Å²) >= 11 is 0.